The maximum absolute atomic E-state index is 12.4. The number of aryl methyl sites for hydroxylation is 1. The Morgan fingerprint density at radius 2 is 1.86 bits per heavy atom. The molecule has 4 rings (SSSR count). The maximum Gasteiger partial charge on any atom is 0.236 e. The van der Waals surface area contributed by atoms with Crippen molar-refractivity contribution in [2.45, 2.75) is 13.3 Å². The second-order valence-corrected chi connectivity index (χ2v) is 5.67. The van der Waals surface area contributed by atoms with Crippen LogP contribution in [0.5, 0.6) is 5.75 Å². The molecule has 0 bridgehead atoms. The molecule has 0 unspecified atom stereocenters. The maximum atomic E-state index is 12.4. The molecule has 1 N–H and O–H groups in total. The number of benzene rings is 3. The van der Waals surface area contributed by atoms with Crippen molar-refractivity contribution in [3.05, 3.63) is 65.7 Å². The lowest BCUT2D eigenvalue weighted by Crippen LogP contribution is -2.20. The predicted molar refractivity (Wildman–Crippen MR) is 87.6 cm³/mol. The molecule has 1 amide bonds. The van der Waals surface area contributed by atoms with Crippen molar-refractivity contribution in [2.75, 3.05) is 4.90 Å². The molecular formula is C19H15NO2. The fourth-order valence-electron chi connectivity index (χ4n) is 3.09. The molecule has 1 aliphatic heterocycles. The van der Waals surface area contributed by atoms with Gasteiger partial charge in [0.15, 0.2) is 0 Å². The average Bonchev–Trinajstić information content (AvgIpc) is 2.86. The van der Waals surface area contributed by atoms with Crippen molar-refractivity contribution in [1.29, 1.82) is 0 Å². The molecule has 0 spiro atoms. The second-order valence-electron chi connectivity index (χ2n) is 5.67. The van der Waals surface area contributed by atoms with Crippen LogP contribution in [0.1, 0.15) is 11.1 Å². The summed E-state index contributed by atoms with van der Waals surface area (Å²) in [6, 6.07) is 17.4. The minimum Gasteiger partial charge on any atom is -0.507 e. The van der Waals surface area contributed by atoms with E-state index in [1.54, 1.807) is 4.90 Å². The number of amides is 1. The fourth-order valence-corrected chi connectivity index (χ4v) is 3.09. The lowest BCUT2D eigenvalue weighted by Gasteiger charge is -2.18. The summed E-state index contributed by atoms with van der Waals surface area (Å²) >= 11 is 0. The van der Waals surface area contributed by atoms with E-state index in [1.807, 2.05) is 61.5 Å². The Balaban J connectivity index is 1.89. The van der Waals surface area contributed by atoms with Gasteiger partial charge in [0, 0.05) is 11.1 Å². The Labute approximate surface area is 128 Å². The van der Waals surface area contributed by atoms with Gasteiger partial charge in [-0.25, -0.2) is 0 Å². The standard InChI is InChI=1S/C19H15NO2/c1-12-6-7-13-10-15(8-9-16(13)19(12)22)20-17-5-3-2-4-14(17)11-18(20)21/h2-10,22H,11H2,1H3. The lowest BCUT2D eigenvalue weighted by molar-refractivity contribution is -0.116. The summed E-state index contributed by atoms with van der Waals surface area (Å²) in [6.45, 7) is 1.88. The van der Waals surface area contributed by atoms with Gasteiger partial charge in [-0.2, -0.15) is 0 Å². The Morgan fingerprint density at radius 1 is 1.05 bits per heavy atom. The highest BCUT2D eigenvalue weighted by molar-refractivity contribution is 6.08. The Morgan fingerprint density at radius 3 is 2.73 bits per heavy atom. The first-order chi connectivity index (χ1) is 10.6. The smallest absolute Gasteiger partial charge is 0.236 e. The van der Waals surface area contributed by atoms with E-state index in [-0.39, 0.29) is 5.91 Å². The van der Waals surface area contributed by atoms with Crippen molar-refractivity contribution in [3.63, 3.8) is 0 Å². The third-order valence-corrected chi connectivity index (χ3v) is 4.26. The number of carbonyl (C=O) groups is 1. The van der Waals surface area contributed by atoms with Crippen LogP contribution in [-0.2, 0) is 11.2 Å². The lowest BCUT2D eigenvalue weighted by atomic mass is 10.0. The van der Waals surface area contributed by atoms with Gasteiger partial charge in [0.05, 0.1) is 12.1 Å². The van der Waals surface area contributed by atoms with Crippen molar-refractivity contribution in [2.24, 2.45) is 0 Å². The third kappa shape index (κ3) is 1.79. The van der Waals surface area contributed by atoms with Crippen molar-refractivity contribution in [3.8, 4) is 5.75 Å². The molecule has 0 radical (unpaired) electrons. The summed E-state index contributed by atoms with van der Waals surface area (Å²) < 4.78 is 0. The highest BCUT2D eigenvalue weighted by Gasteiger charge is 2.28. The van der Waals surface area contributed by atoms with Crippen LogP contribution in [0.25, 0.3) is 10.8 Å². The summed E-state index contributed by atoms with van der Waals surface area (Å²) in [5, 5.41) is 11.9. The van der Waals surface area contributed by atoms with E-state index in [0.29, 0.717) is 12.2 Å². The number of hydrogen-bond acceptors (Lipinski definition) is 2. The van der Waals surface area contributed by atoms with Crippen LogP contribution < -0.4 is 4.90 Å². The zero-order valence-corrected chi connectivity index (χ0v) is 12.2. The monoisotopic (exact) mass is 289 g/mol. The van der Waals surface area contributed by atoms with Crippen LogP contribution in [0.4, 0.5) is 11.4 Å². The molecule has 1 aliphatic rings. The van der Waals surface area contributed by atoms with Crippen molar-refractivity contribution < 1.29 is 9.90 Å². The van der Waals surface area contributed by atoms with Crippen LogP contribution in [-0.4, -0.2) is 11.0 Å². The number of hydrogen-bond donors (Lipinski definition) is 1. The Hall–Kier alpha value is -2.81. The molecule has 0 saturated heterocycles. The number of phenols is 1. The van der Waals surface area contributed by atoms with Gasteiger partial charge in [0.1, 0.15) is 5.75 Å². The molecule has 22 heavy (non-hydrogen) atoms. The van der Waals surface area contributed by atoms with Gasteiger partial charge in [0.2, 0.25) is 5.91 Å². The minimum absolute atomic E-state index is 0.0804. The predicted octanol–water partition coefficient (Wildman–Crippen LogP) is 4.07. The van der Waals surface area contributed by atoms with Crippen LogP contribution in [0.15, 0.2) is 54.6 Å². The molecule has 3 aromatic carbocycles. The molecule has 3 aromatic rings. The topological polar surface area (TPSA) is 40.5 Å². The van der Waals surface area contributed by atoms with E-state index >= 15 is 0 Å². The summed E-state index contributed by atoms with van der Waals surface area (Å²) in [6.07, 6.45) is 0.438. The van der Waals surface area contributed by atoms with Gasteiger partial charge in [-0.1, -0.05) is 30.3 Å². The molecule has 0 aliphatic carbocycles. The highest BCUT2D eigenvalue weighted by atomic mass is 16.3. The normalized spacial score (nSPS) is 13.7. The highest BCUT2D eigenvalue weighted by Crippen LogP contribution is 2.38. The van der Waals surface area contributed by atoms with Gasteiger partial charge in [-0.3, -0.25) is 9.69 Å². The molecule has 0 fully saturated rings. The fraction of sp³-hybridized carbons (Fsp3) is 0.105. The summed E-state index contributed by atoms with van der Waals surface area (Å²) in [5.41, 5.74) is 3.69. The van der Waals surface area contributed by atoms with E-state index in [1.165, 1.54) is 0 Å². The van der Waals surface area contributed by atoms with Crippen molar-refractivity contribution in [1.82, 2.24) is 0 Å². The quantitative estimate of drug-likeness (QED) is 0.733. The largest absolute Gasteiger partial charge is 0.507 e. The number of fused-ring (bicyclic) bond motifs is 2. The van der Waals surface area contributed by atoms with Crippen LogP contribution >= 0.6 is 0 Å². The number of aromatic hydroxyl groups is 1. The van der Waals surface area contributed by atoms with E-state index in [9.17, 15) is 9.90 Å². The van der Waals surface area contributed by atoms with Crippen LogP contribution in [0.2, 0.25) is 0 Å². The number of nitrogens with zero attached hydrogens (tertiary/aromatic N) is 1. The first-order valence-corrected chi connectivity index (χ1v) is 7.28. The summed E-state index contributed by atoms with van der Waals surface area (Å²) in [4.78, 5) is 14.1. The SMILES string of the molecule is Cc1ccc2cc(N3C(=O)Cc4ccccc43)ccc2c1O. The first-order valence-electron chi connectivity index (χ1n) is 7.28. The van der Waals surface area contributed by atoms with E-state index in [2.05, 4.69) is 0 Å². The molecule has 108 valence electrons. The zero-order valence-electron chi connectivity index (χ0n) is 12.2. The van der Waals surface area contributed by atoms with Crippen molar-refractivity contribution >= 4 is 28.1 Å². The van der Waals surface area contributed by atoms with Gasteiger partial charge in [-0.15, -0.1) is 0 Å². The third-order valence-electron chi connectivity index (χ3n) is 4.26. The second kappa shape index (κ2) is 4.60. The molecule has 0 atom stereocenters. The first kappa shape index (κ1) is 12.9. The number of carbonyl (C=O) groups excluding carboxylic acids is 1. The average molecular weight is 289 g/mol. The Bertz CT molecular complexity index is 914. The van der Waals surface area contributed by atoms with Crippen LogP contribution in [0.3, 0.4) is 0 Å². The zero-order chi connectivity index (χ0) is 15.3. The number of para-hydroxylation sites is 1. The molecule has 0 aromatic heterocycles. The number of anilines is 2. The van der Waals surface area contributed by atoms with E-state index in [4.69, 9.17) is 0 Å². The minimum atomic E-state index is 0.0804. The number of phenolic OH excluding ortho intramolecular Hbond substituents is 1. The van der Waals surface area contributed by atoms with Gasteiger partial charge in [0.25, 0.3) is 0 Å². The molecule has 0 saturated carbocycles. The van der Waals surface area contributed by atoms with E-state index < -0.39 is 0 Å². The van der Waals surface area contributed by atoms with Crippen LogP contribution in [0, 0.1) is 6.92 Å². The molecular weight excluding hydrogens is 274 g/mol. The van der Waals surface area contributed by atoms with Gasteiger partial charge in [-0.05, 0) is 47.7 Å². The molecule has 3 nitrogen and oxygen atoms in total. The van der Waals surface area contributed by atoms with E-state index in [0.717, 1.165) is 33.3 Å². The molecule has 3 heteroatoms. The van der Waals surface area contributed by atoms with Gasteiger partial charge < -0.3 is 5.11 Å². The molecule has 1 heterocycles. The number of rotatable bonds is 1. The summed E-state index contributed by atoms with van der Waals surface area (Å²) in [5.74, 6) is 0.383. The van der Waals surface area contributed by atoms with Gasteiger partial charge >= 0.3 is 0 Å². The Kier molecular flexibility index (Phi) is 2.70. The summed E-state index contributed by atoms with van der Waals surface area (Å²) in [7, 11) is 0.